The molecule has 1 aromatic heterocycles. The van der Waals surface area contributed by atoms with E-state index in [2.05, 4.69) is 52.0 Å². The van der Waals surface area contributed by atoms with E-state index in [1.165, 1.54) is 30.4 Å². The summed E-state index contributed by atoms with van der Waals surface area (Å²) in [5.41, 5.74) is 6.05. The van der Waals surface area contributed by atoms with E-state index in [1.54, 1.807) is 0 Å². The van der Waals surface area contributed by atoms with E-state index in [9.17, 15) is 0 Å². The molecule has 110 valence electrons. The molecule has 2 aromatic rings. The van der Waals surface area contributed by atoms with Gasteiger partial charge in [0.15, 0.2) is 5.82 Å². The Balaban J connectivity index is 1.89. The molecular weight excluding hydrogens is 256 g/mol. The van der Waals surface area contributed by atoms with Crippen molar-refractivity contribution in [1.29, 1.82) is 0 Å². The van der Waals surface area contributed by atoms with Crippen LogP contribution in [0.3, 0.4) is 0 Å². The molecule has 0 saturated heterocycles. The van der Waals surface area contributed by atoms with Crippen LogP contribution in [0.15, 0.2) is 24.3 Å². The fourth-order valence-corrected chi connectivity index (χ4v) is 3.13. The van der Waals surface area contributed by atoms with Crippen LogP contribution in [0, 0.1) is 19.8 Å². The maximum atomic E-state index is 4.72. The fourth-order valence-electron chi connectivity index (χ4n) is 3.13. The molecule has 0 aliphatic heterocycles. The Morgan fingerprint density at radius 2 is 1.57 bits per heavy atom. The third-order valence-corrected chi connectivity index (χ3v) is 4.34. The first-order chi connectivity index (χ1) is 10.0. The summed E-state index contributed by atoms with van der Waals surface area (Å²) in [6.45, 7) is 8.58. The van der Waals surface area contributed by atoms with Crippen LogP contribution >= 0.6 is 0 Å². The van der Waals surface area contributed by atoms with Gasteiger partial charge in [0.25, 0.3) is 0 Å². The molecule has 21 heavy (non-hydrogen) atoms. The predicted molar refractivity (Wildman–Crippen MR) is 87.5 cm³/mol. The van der Waals surface area contributed by atoms with E-state index in [0.717, 1.165) is 28.7 Å². The molecule has 1 aliphatic rings. The molecule has 3 rings (SSSR count). The van der Waals surface area contributed by atoms with Gasteiger partial charge in [0.1, 0.15) is 0 Å². The summed E-state index contributed by atoms with van der Waals surface area (Å²) >= 11 is 0. The van der Waals surface area contributed by atoms with Crippen LogP contribution in [0.25, 0.3) is 11.4 Å². The van der Waals surface area contributed by atoms with Crippen LogP contribution in [-0.4, -0.2) is 9.97 Å². The highest BCUT2D eigenvalue weighted by atomic mass is 14.9. The maximum absolute atomic E-state index is 4.72. The lowest BCUT2D eigenvalue weighted by Gasteiger charge is -2.13. The highest BCUT2D eigenvalue weighted by molar-refractivity contribution is 5.56. The standard InChI is InChI=1S/C19H24N2/c1-12(2)18-13(3)20-19(21-14(18)4)17-9-7-16(8-10-17)11-15-5-6-15/h7-10,12,15H,5-6,11H2,1-4H3. The van der Waals surface area contributed by atoms with Gasteiger partial charge in [-0.2, -0.15) is 0 Å². The van der Waals surface area contributed by atoms with Crippen molar-refractivity contribution in [2.45, 2.75) is 52.9 Å². The van der Waals surface area contributed by atoms with Gasteiger partial charge in [0, 0.05) is 17.0 Å². The lowest BCUT2D eigenvalue weighted by molar-refractivity contribution is 0.814. The second-order valence-electron chi connectivity index (χ2n) is 6.63. The second kappa shape index (κ2) is 5.59. The monoisotopic (exact) mass is 280 g/mol. The van der Waals surface area contributed by atoms with Crippen LogP contribution in [0.4, 0.5) is 0 Å². The lowest BCUT2D eigenvalue weighted by atomic mass is 9.99. The van der Waals surface area contributed by atoms with Crippen molar-refractivity contribution in [3.8, 4) is 11.4 Å². The lowest BCUT2D eigenvalue weighted by Crippen LogP contribution is -2.04. The number of hydrogen-bond donors (Lipinski definition) is 0. The molecule has 0 N–H and O–H groups in total. The van der Waals surface area contributed by atoms with E-state index in [-0.39, 0.29) is 0 Å². The van der Waals surface area contributed by atoms with Gasteiger partial charge in [-0.3, -0.25) is 0 Å². The van der Waals surface area contributed by atoms with Crippen LogP contribution in [0.1, 0.15) is 55.1 Å². The summed E-state index contributed by atoms with van der Waals surface area (Å²) in [7, 11) is 0. The molecular formula is C19H24N2. The Labute approximate surface area is 127 Å². The van der Waals surface area contributed by atoms with Crippen LogP contribution < -0.4 is 0 Å². The summed E-state index contributed by atoms with van der Waals surface area (Å²) in [4.78, 5) is 9.43. The molecule has 0 atom stereocenters. The molecule has 0 unspecified atom stereocenters. The summed E-state index contributed by atoms with van der Waals surface area (Å²) in [5.74, 6) is 2.26. The van der Waals surface area contributed by atoms with Crippen molar-refractivity contribution in [2.24, 2.45) is 5.92 Å². The summed E-state index contributed by atoms with van der Waals surface area (Å²) in [6.07, 6.45) is 4.03. The van der Waals surface area contributed by atoms with Crippen LogP contribution in [0.2, 0.25) is 0 Å². The first-order valence-electron chi connectivity index (χ1n) is 7.99. The third-order valence-electron chi connectivity index (χ3n) is 4.34. The minimum Gasteiger partial charge on any atom is -0.233 e. The predicted octanol–water partition coefficient (Wildman–Crippen LogP) is 4.84. The smallest absolute Gasteiger partial charge is 0.159 e. The van der Waals surface area contributed by atoms with Gasteiger partial charge in [0.2, 0.25) is 0 Å². The third kappa shape index (κ3) is 3.15. The number of rotatable bonds is 4. The zero-order chi connectivity index (χ0) is 15.0. The quantitative estimate of drug-likeness (QED) is 0.801. The van der Waals surface area contributed by atoms with Gasteiger partial charge in [-0.05, 0) is 56.1 Å². The van der Waals surface area contributed by atoms with Gasteiger partial charge in [-0.15, -0.1) is 0 Å². The molecule has 1 aliphatic carbocycles. The van der Waals surface area contributed by atoms with Crippen LogP contribution in [0.5, 0.6) is 0 Å². The average Bonchev–Trinajstić information content (AvgIpc) is 3.22. The Morgan fingerprint density at radius 1 is 1.00 bits per heavy atom. The molecule has 0 amide bonds. The minimum absolute atomic E-state index is 0.472. The van der Waals surface area contributed by atoms with Crippen molar-refractivity contribution >= 4 is 0 Å². The van der Waals surface area contributed by atoms with Gasteiger partial charge in [0.05, 0.1) is 0 Å². The normalized spacial score (nSPS) is 14.7. The average molecular weight is 280 g/mol. The number of benzene rings is 1. The van der Waals surface area contributed by atoms with Crippen molar-refractivity contribution < 1.29 is 0 Å². The van der Waals surface area contributed by atoms with E-state index in [4.69, 9.17) is 9.97 Å². The van der Waals surface area contributed by atoms with E-state index in [0.29, 0.717) is 5.92 Å². The SMILES string of the molecule is Cc1nc(-c2ccc(CC3CC3)cc2)nc(C)c1C(C)C. The number of aryl methyl sites for hydroxylation is 2. The molecule has 1 heterocycles. The Morgan fingerprint density at radius 3 is 2.05 bits per heavy atom. The number of nitrogens with zero attached hydrogens (tertiary/aromatic N) is 2. The first-order valence-corrected chi connectivity index (χ1v) is 7.99. The first kappa shape index (κ1) is 14.2. The summed E-state index contributed by atoms with van der Waals surface area (Å²) in [5, 5.41) is 0. The molecule has 2 heteroatoms. The van der Waals surface area contributed by atoms with Gasteiger partial charge >= 0.3 is 0 Å². The Bertz CT molecular complexity index is 614. The fraction of sp³-hybridized carbons (Fsp3) is 0.474. The highest BCUT2D eigenvalue weighted by Gasteiger charge is 2.21. The van der Waals surface area contributed by atoms with Crippen molar-refractivity contribution in [2.75, 3.05) is 0 Å². The molecule has 1 saturated carbocycles. The molecule has 1 aromatic carbocycles. The zero-order valence-corrected chi connectivity index (χ0v) is 13.5. The summed E-state index contributed by atoms with van der Waals surface area (Å²) in [6, 6.07) is 8.80. The number of hydrogen-bond acceptors (Lipinski definition) is 2. The van der Waals surface area contributed by atoms with E-state index < -0.39 is 0 Å². The maximum Gasteiger partial charge on any atom is 0.159 e. The van der Waals surface area contributed by atoms with Crippen molar-refractivity contribution in [3.05, 3.63) is 46.8 Å². The molecule has 0 bridgehead atoms. The van der Waals surface area contributed by atoms with Crippen LogP contribution in [-0.2, 0) is 6.42 Å². The number of aromatic nitrogens is 2. The van der Waals surface area contributed by atoms with Gasteiger partial charge in [-0.25, -0.2) is 9.97 Å². The second-order valence-corrected chi connectivity index (χ2v) is 6.63. The van der Waals surface area contributed by atoms with Gasteiger partial charge in [-0.1, -0.05) is 38.1 Å². The Hall–Kier alpha value is -1.70. The topological polar surface area (TPSA) is 25.8 Å². The highest BCUT2D eigenvalue weighted by Crippen LogP contribution is 2.33. The zero-order valence-electron chi connectivity index (χ0n) is 13.5. The Kier molecular flexibility index (Phi) is 3.79. The van der Waals surface area contributed by atoms with Crippen molar-refractivity contribution in [3.63, 3.8) is 0 Å². The molecule has 0 spiro atoms. The summed E-state index contributed by atoms with van der Waals surface area (Å²) < 4.78 is 0. The molecule has 1 fully saturated rings. The minimum atomic E-state index is 0.472. The van der Waals surface area contributed by atoms with E-state index in [1.807, 2.05) is 0 Å². The molecule has 0 radical (unpaired) electrons. The van der Waals surface area contributed by atoms with Gasteiger partial charge < -0.3 is 0 Å². The largest absolute Gasteiger partial charge is 0.233 e. The van der Waals surface area contributed by atoms with E-state index >= 15 is 0 Å². The van der Waals surface area contributed by atoms with Crippen molar-refractivity contribution in [1.82, 2.24) is 9.97 Å². The molecule has 2 nitrogen and oxygen atoms in total.